The van der Waals surface area contributed by atoms with E-state index in [4.69, 9.17) is 4.74 Å². The minimum atomic E-state index is -0.430. The highest BCUT2D eigenvalue weighted by Crippen LogP contribution is 2.41. The molecule has 2 aromatic rings. The van der Waals surface area contributed by atoms with Crippen molar-refractivity contribution >= 4 is 33.4 Å². The molecule has 1 atom stereocenters. The number of hydrogen-bond donors (Lipinski definition) is 0. The highest BCUT2D eigenvalue weighted by atomic mass is 32.1. The average Bonchev–Trinajstić information content (AvgIpc) is 3.09. The van der Waals surface area contributed by atoms with E-state index in [1.54, 1.807) is 18.7 Å². The topological polar surface area (TPSA) is 81.5 Å². The highest BCUT2D eigenvalue weighted by molar-refractivity contribution is 7.18. The Morgan fingerprint density at radius 1 is 1.23 bits per heavy atom. The number of aromatic nitrogens is 2. The van der Waals surface area contributed by atoms with Crippen molar-refractivity contribution in [1.82, 2.24) is 14.5 Å². The van der Waals surface area contributed by atoms with Gasteiger partial charge in [-0.2, -0.15) is 0 Å². The Morgan fingerprint density at radius 2 is 1.93 bits per heavy atom. The Hall–Kier alpha value is -2.22. The van der Waals surface area contributed by atoms with Crippen LogP contribution in [0.1, 0.15) is 68.6 Å². The van der Waals surface area contributed by atoms with Crippen LogP contribution in [0.2, 0.25) is 0 Å². The predicted molar refractivity (Wildman–Crippen MR) is 118 cm³/mol. The fourth-order valence-corrected chi connectivity index (χ4v) is 5.53. The lowest BCUT2D eigenvalue weighted by atomic mass is 9.86. The number of amides is 1. The van der Waals surface area contributed by atoms with Gasteiger partial charge in [-0.1, -0.05) is 13.8 Å². The van der Waals surface area contributed by atoms with Crippen LogP contribution in [-0.4, -0.2) is 46.0 Å². The number of aryl methyl sites for hydroxylation is 2. The van der Waals surface area contributed by atoms with Crippen LogP contribution in [0, 0.1) is 6.92 Å². The summed E-state index contributed by atoms with van der Waals surface area (Å²) in [6, 6.07) is 0. The van der Waals surface area contributed by atoms with Gasteiger partial charge >= 0.3 is 5.97 Å². The molecule has 2 heterocycles. The molecule has 1 amide bonds. The minimum Gasteiger partial charge on any atom is -0.466 e. The molecule has 8 heteroatoms. The first kappa shape index (κ1) is 22.5. The summed E-state index contributed by atoms with van der Waals surface area (Å²) in [6.45, 7) is 9.26. The molecule has 1 aliphatic carbocycles. The van der Waals surface area contributed by atoms with Gasteiger partial charge in [0.1, 0.15) is 17.2 Å². The van der Waals surface area contributed by atoms with Crippen LogP contribution in [0.25, 0.3) is 10.2 Å². The smallest absolute Gasteiger partial charge is 0.313 e. The number of thiophene rings is 1. The second-order valence-electron chi connectivity index (χ2n) is 7.75. The monoisotopic (exact) mass is 433 g/mol. The molecular weight excluding hydrogens is 402 g/mol. The first-order valence-corrected chi connectivity index (χ1v) is 11.7. The summed E-state index contributed by atoms with van der Waals surface area (Å²) in [7, 11) is 0. The minimum absolute atomic E-state index is 0.0255. The summed E-state index contributed by atoms with van der Waals surface area (Å²) in [5, 5.41) is 0.490. The van der Waals surface area contributed by atoms with E-state index < -0.39 is 5.92 Å². The zero-order valence-electron chi connectivity index (χ0n) is 18.3. The van der Waals surface area contributed by atoms with E-state index >= 15 is 0 Å². The summed E-state index contributed by atoms with van der Waals surface area (Å²) >= 11 is 1.49. The maximum atomic E-state index is 13.5. The van der Waals surface area contributed by atoms with Crippen LogP contribution in [0.3, 0.4) is 0 Å². The number of hydrogen-bond acceptors (Lipinski definition) is 6. The van der Waals surface area contributed by atoms with Gasteiger partial charge in [0.2, 0.25) is 5.91 Å². The van der Waals surface area contributed by atoms with Crippen molar-refractivity contribution in [2.75, 3.05) is 19.7 Å². The van der Waals surface area contributed by atoms with Gasteiger partial charge < -0.3 is 9.64 Å². The molecule has 0 saturated carbocycles. The van der Waals surface area contributed by atoms with Crippen LogP contribution < -0.4 is 5.56 Å². The van der Waals surface area contributed by atoms with Crippen LogP contribution in [-0.2, 0) is 27.3 Å². The molecule has 2 aromatic heterocycles. The number of esters is 1. The fraction of sp³-hybridized carbons (Fsp3) is 0.636. The fourth-order valence-electron chi connectivity index (χ4n) is 4.22. The standard InChI is InChI=1S/C22H31N3O4S/c1-5-11-24(12-6-2)17(26)13-25-14(4)23-20-19(21(25)27)18-15(22(28)29-7-3)9-8-10-16(18)30-20/h15H,5-13H2,1-4H3. The van der Waals surface area contributed by atoms with Crippen molar-refractivity contribution in [1.29, 1.82) is 0 Å². The van der Waals surface area contributed by atoms with Crippen molar-refractivity contribution in [3.05, 3.63) is 26.6 Å². The van der Waals surface area contributed by atoms with Gasteiger partial charge in [-0.25, -0.2) is 4.98 Å². The summed E-state index contributed by atoms with van der Waals surface area (Å²) in [5.41, 5.74) is 0.546. The number of ether oxygens (including phenoxy) is 1. The van der Waals surface area contributed by atoms with Gasteiger partial charge in [-0.05, 0) is 51.5 Å². The summed E-state index contributed by atoms with van der Waals surface area (Å²) in [5.74, 6) is -0.255. The molecule has 0 radical (unpaired) electrons. The molecule has 0 fully saturated rings. The number of nitrogens with zero attached hydrogens (tertiary/aromatic N) is 3. The van der Waals surface area contributed by atoms with Gasteiger partial charge in [0.15, 0.2) is 0 Å². The van der Waals surface area contributed by atoms with Crippen molar-refractivity contribution in [2.24, 2.45) is 0 Å². The average molecular weight is 434 g/mol. The molecule has 0 saturated heterocycles. The van der Waals surface area contributed by atoms with Gasteiger partial charge in [-0.3, -0.25) is 19.0 Å². The Balaban J connectivity index is 2.06. The van der Waals surface area contributed by atoms with E-state index in [0.717, 1.165) is 36.1 Å². The molecule has 0 aliphatic heterocycles. The molecule has 0 bridgehead atoms. The first-order valence-electron chi connectivity index (χ1n) is 10.9. The number of rotatable bonds is 8. The summed E-state index contributed by atoms with van der Waals surface area (Å²) in [4.78, 5) is 47.1. The lowest BCUT2D eigenvalue weighted by Crippen LogP contribution is -2.38. The molecule has 1 aliphatic rings. The highest BCUT2D eigenvalue weighted by Gasteiger charge is 2.33. The SMILES string of the molecule is CCCN(CCC)C(=O)Cn1c(C)nc2sc3c(c2c1=O)C(C(=O)OCC)CCC3. The van der Waals surface area contributed by atoms with Crippen molar-refractivity contribution < 1.29 is 14.3 Å². The van der Waals surface area contributed by atoms with E-state index in [9.17, 15) is 14.4 Å². The van der Waals surface area contributed by atoms with Crippen molar-refractivity contribution in [2.45, 2.75) is 72.3 Å². The van der Waals surface area contributed by atoms with Gasteiger partial charge in [-0.15, -0.1) is 11.3 Å². The van der Waals surface area contributed by atoms with Crippen molar-refractivity contribution in [3.8, 4) is 0 Å². The molecule has 0 N–H and O–H groups in total. The van der Waals surface area contributed by atoms with E-state index in [1.807, 2.05) is 13.8 Å². The van der Waals surface area contributed by atoms with E-state index in [2.05, 4.69) is 4.98 Å². The molecular formula is C22H31N3O4S. The third-order valence-corrected chi connectivity index (χ3v) is 6.73. The maximum absolute atomic E-state index is 13.5. The first-order chi connectivity index (χ1) is 14.4. The van der Waals surface area contributed by atoms with Crippen LogP contribution in [0.15, 0.2) is 4.79 Å². The molecule has 0 spiro atoms. The third kappa shape index (κ3) is 4.29. The molecule has 3 rings (SSSR count). The quantitative estimate of drug-likeness (QED) is 0.596. The lowest BCUT2D eigenvalue weighted by molar-refractivity contribution is -0.145. The number of fused-ring (bicyclic) bond motifs is 3. The van der Waals surface area contributed by atoms with E-state index in [1.165, 1.54) is 15.9 Å². The van der Waals surface area contributed by atoms with Gasteiger partial charge in [0.05, 0.1) is 17.9 Å². The van der Waals surface area contributed by atoms with E-state index in [-0.39, 0.29) is 24.0 Å². The lowest BCUT2D eigenvalue weighted by Gasteiger charge is -2.23. The zero-order valence-corrected chi connectivity index (χ0v) is 19.1. The predicted octanol–water partition coefficient (Wildman–Crippen LogP) is 3.40. The van der Waals surface area contributed by atoms with Gasteiger partial charge in [0.25, 0.3) is 5.56 Å². The Labute approximate surface area is 181 Å². The zero-order chi connectivity index (χ0) is 21.8. The van der Waals surface area contributed by atoms with Crippen molar-refractivity contribution in [3.63, 3.8) is 0 Å². The van der Waals surface area contributed by atoms with Gasteiger partial charge in [0, 0.05) is 18.0 Å². The normalized spacial score (nSPS) is 15.8. The second kappa shape index (κ2) is 9.73. The van der Waals surface area contributed by atoms with Crippen LogP contribution in [0.4, 0.5) is 0 Å². The van der Waals surface area contributed by atoms with E-state index in [0.29, 0.717) is 42.2 Å². The molecule has 1 unspecified atom stereocenters. The van der Waals surface area contributed by atoms with Crippen LogP contribution in [0.5, 0.6) is 0 Å². The second-order valence-corrected chi connectivity index (χ2v) is 8.83. The molecule has 30 heavy (non-hydrogen) atoms. The summed E-state index contributed by atoms with van der Waals surface area (Å²) in [6.07, 6.45) is 4.14. The molecule has 164 valence electrons. The van der Waals surface area contributed by atoms with Crippen LogP contribution >= 0.6 is 11.3 Å². The largest absolute Gasteiger partial charge is 0.466 e. The third-order valence-electron chi connectivity index (χ3n) is 5.57. The molecule has 7 nitrogen and oxygen atoms in total. The number of carbonyl (C=O) groups excluding carboxylic acids is 2. The Morgan fingerprint density at radius 3 is 2.57 bits per heavy atom. The summed E-state index contributed by atoms with van der Waals surface area (Å²) < 4.78 is 6.74. The number of carbonyl (C=O) groups is 2. The Kier molecular flexibility index (Phi) is 7.28. The Bertz CT molecular complexity index is 988. The maximum Gasteiger partial charge on any atom is 0.313 e. The molecule has 0 aromatic carbocycles.